The van der Waals surface area contributed by atoms with Crippen molar-refractivity contribution >= 4 is 91.1 Å². The molecule has 6 atom stereocenters. The Labute approximate surface area is 352 Å². The van der Waals surface area contributed by atoms with E-state index in [-0.39, 0.29) is 47.7 Å². The molecule has 0 aromatic rings. The second kappa shape index (κ2) is 18.3. The second-order valence-corrected chi connectivity index (χ2v) is 53.8. The quantitative estimate of drug-likeness (QED) is 0.0678. The standard InChI is InChI=1S/C20H39NO6Si4.C16H35NO5Si4/c1-28(2,3)25-30(7,8)27-31(9,26-29(4,5)6)14-10-13-21-19(22)17-15-11-12-16(24-15)18(17)20(21)23;1-23(2,3)20-25(7,8)22-26(9,21-24(4,5)6)14-10-13-17-15(18)11-12-16(17)19/h11-12,15-18H,10,13-14H2,1-9H3;11-12H,10,13-14H2,1-9H3/t15?,16?,17?,18?,31-;26-/m11/s1. The molecule has 0 spiro atoms. The summed E-state index contributed by atoms with van der Waals surface area (Å²) in [5, 5.41) is 0. The minimum Gasteiger partial charge on any atom is -0.437 e. The lowest BCUT2D eigenvalue weighted by Crippen LogP contribution is -2.57. The fourth-order valence-corrected chi connectivity index (χ4v) is 44.3. The monoisotopic (exact) mass is 934 g/mol. The van der Waals surface area contributed by atoms with Crippen LogP contribution in [0.3, 0.4) is 0 Å². The van der Waals surface area contributed by atoms with E-state index in [1.807, 2.05) is 12.2 Å². The minimum atomic E-state index is -2.54. The Bertz CT molecular complexity index is 1510. The van der Waals surface area contributed by atoms with Crippen LogP contribution in [0.1, 0.15) is 12.8 Å². The van der Waals surface area contributed by atoms with Gasteiger partial charge >= 0.3 is 34.2 Å². The Hall–Kier alpha value is -0.785. The summed E-state index contributed by atoms with van der Waals surface area (Å²) in [5.74, 6) is -1.31. The van der Waals surface area contributed by atoms with Crippen LogP contribution < -0.4 is 0 Å². The molecule has 0 radical (unpaired) electrons. The predicted octanol–water partition coefficient (Wildman–Crippen LogP) is 7.60. The van der Waals surface area contributed by atoms with Crippen LogP contribution in [-0.4, -0.2) is 126 Å². The van der Waals surface area contributed by atoms with E-state index in [0.29, 0.717) is 25.9 Å². The topological polar surface area (TPSA) is 139 Å². The maximum absolute atomic E-state index is 12.9. The summed E-state index contributed by atoms with van der Waals surface area (Å²) in [5.41, 5.74) is 0. The molecule has 0 aromatic heterocycles. The first-order valence-corrected chi connectivity index (χ1v) is 44.8. The second-order valence-electron chi connectivity index (χ2n) is 20.8. The molecule has 0 N–H and O–H groups in total. The molecule has 0 saturated carbocycles. The third kappa shape index (κ3) is 15.9. The summed E-state index contributed by atoms with van der Waals surface area (Å²) in [4.78, 5) is 52.0. The Kier molecular flexibility index (Phi) is 16.2. The lowest BCUT2D eigenvalue weighted by Gasteiger charge is -2.41. The van der Waals surface area contributed by atoms with Gasteiger partial charge in [0.25, 0.3) is 11.8 Å². The van der Waals surface area contributed by atoms with Crippen LogP contribution in [-0.2, 0) is 48.6 Å². The van der Waals surface area contributed by atoms with E-state index < -0.39 is 67.5 Å². The highest BCUT2D eigenvalue weighted by Gasteiger charge is 2.60. The van der Waals surface area contributed by atoms with E-state index in [4.69, 9.17) is 29.4 Å². The molecule has 4 amide bonds. The van der Waals surface area contributed by atoms with Gasteiger partial charge in [0.1, 0.15) is 0 Å². The first-order chi connectivity index (χ1) is 25.5. The molecule has 2 bridgehead atoms. The number of ether oxygens (including phenoxy) is 1. The molecular formula is C36H74N2O11Si8. The fraction of sp³-hybridized carbons (Fsp3) is 0.778. The molecule has 4 heterocycles. The molecule has 0 aromatic carbocycles. The van der Waals surface area contributed by atoms with Gasteiger partial charge in [-0.3, -0.25) is 29.0 Å². The van der Waals surface area contributed by atoms with E-state index in [2.05, 4.69) is 118 Å². The molecule has 2 fully saturated rings. The lowest BCUT2D eigenvalue weighted by molar-refractivity contribution is -0.142. The Morgan fingerprint density at radius 2 is 0.789 bits per heavy atom. The van der Waals surface area contributed by atoms with Crippen LogP contribution in [0.15, 0.2) is 24.3 Å². The van der Waals surface area contributed by atoms with Gasteiger partial charge in [0.05, 0.1) is 24.0 Å². The van der Waals surface area contributed by atoms with Gasteiger partial charge in [-0.05, 0) is 143 Å². The smallest absolute Gasteiger partial charge is 0.315 e. The Morgan fingerprint density at radius 1 is 0.474 bits per heavy atom. The summed E-state index contributed by atoms with van der Waals surface area (Å²) in [7, 11) is -16.8. The highest BCUT2D eigenvalue weighted by atomic mass is 28.5. The number of carbonyl (C=O) groups is 4. The summed E-state index contributed by atoms with van der Waals surface area (Å²) >= 11 is 0. The van der Waals surface area contributed by atoms with Crippen molar-refractivity contribution < 1.29 is 48.6 Å². The zero-order valence-electron chi connectivity index (χ0n) is 38.2. The Balaban J connectivity index is 0.000000311. The van der Waals surface area contributed by atoms with Crippen molar-refractivity contribution in [1.29, 1.82) is 0 Å². The zero-order valence-corrected chi connectivity index (χ0v) is 46.2. The van der Waals surface area contributed by atoms with Gasteiger partial charge in [0.2, 0.25) is 11.8 Å². The maximum atomic E-state index is 12.9. The first kappa shape index (κ1) is 50.6. The van der Waals surface area contributed by atoms with Crippen LogP contribution in [0.2, 0.25) is 130 Å². The van der Waals surface area contributed by atoms with Crippen molar-refractivity contribution in [3.05, 3.63) is 24.3 Å². The molecule has 2 saturated heterocycles. The largest absolute Gasteiger partial charge is 0.437 e. The number of likely N-dealkylation sites (tertiary alicyclic amines) is 1. The first-order valence-electron chi connectivity index (χ1n) is 20.5. The van der Waals surface area contributed by atoms with Gasteiger partial charge in [0, 0.05) is 25.2 Å². The summed E-state index contributed by atoms with van der Waals surface area (Å²) in [6, 6.07) is 1.47. The van der Waals surface area contributed by atoms with Crippen molar-refractivity contribution in [2.24, 2.45) is 11.8 Å². The lowest BCUT2D eigenvalue weighted by atomic mass is 9.85. The van der Waals surface area contributed by atoms with Crippen LogP contribution >= 0.6 is 0 Å². The summed E-state index contributed by atoms with van der Waals surface area (Å²) in [6.07, 6.45) is 7.39. The van der Waals surface area contributed by atoms with E-state index in [0.717, 1.165) is 12.1 Å². The number of rotatable bonds is 20. The van der Waals surface area contributed by atoms with Crippen molar-refractivity contribution in [3.8, 4) is 0 Å². The minimum absolute atomic E-state index is 0.0842. The zero-order chi connectivity index (χ0) is 43.8. The highest BCUT2D eigenvalue weighted by molar-refractivity contribution is 6.90. The number of hydrogen-bond acceptors (Lipinski definition) is 11. The van der Waals surface area contributed by atoms with Gasteiger partial charge in [-0.1, -0.05) is 12.2 Å². The third-order valence-electron chi connectivity index (χ3n) is 9.00. The van der Waals surface area contributed by atoms with Crippen LogP contribution in [0.25, 0.3) is 0 Å². The molecule has 21 heteroatoms. The van der Waals surface area contributed by atoms with Crippen LogP contribution in [0.4, 0.5) is 0 Å². The van der Waals surface area contributed by atoms with E-state index in [9.17, 15) is 19.2 Å². The van der Waals surface area contributed by atoms with Gasteiger partial charge in [-0.25, -0.2) is 0 Å². The van der Waals surface area contributed by atoms with Gasteiger partial charge < -0.3 is 29.4 Å². The molecule has 4 aliphatic heterocycles. The number of hydrogen-bond donors (Lipinski definition) is 0. The molecule has 0 aliphatic carbocycles. The molecular weight excluding hydrogens is 861 g/mol. The van der Waals surface area contributed by atoms with Crippen molar-refractivity contribution in [2.45, 2.75) is 155 Å². The third-order valence-corrected chi connectivity index (χ3v) is 36.1. The van der Waals surface area contributed by atoms with E-state index >= 15 is 0 Å². The van der Waals surface area contributed by atoms with E-state index in [1.54, 1.807) is 0 Å². The van der Waals surface area contributed by atoms with Crippen molar-refractivity contribution in [2.75, 3.05) is 13.1 Å². The van der Waals surface area contributed by atoms with Gasteiger partial charge in [-0.2, -0.15) is 0 Å². The average molecular weight is 936 g/mol. The van der Waals surface area contributed by atoms with Crippen molar-refractivity contribution in [1.82, 2.24) is 9.80 Å². The van der Waals surface area contributed by atoms with Gasteiger partial charge in [-0.15, -0.1) is 0 Å². The number of amides is 4. The SMILES string of the molecule is C[Si](C)(C)O[Si](C)(C)O[Si@](C)(CCCN1C(=O)C2C3C=CC(O3)C2C1=O)O[Si](C)(C)C.C[Si](C)(C)O[Si](C)(C)O[Si@](C)(CCCN1C(=O)C=CC1=O)O[Si](C)(C)C. The molecule has 4 unspecified atom stereocenters. The molecule has 4 aliphatic rings. The number of imide groups is 2. The predicted molar refractivity (Wildman–Crippen MR) is 244 cm³/mol. The highest BCUT2D eigenvalue weighted by Crippen LogP contribution is 2.45. The maximum Gasteiger partial charge on any atom is 0.315 e. The van der Waals surface area contributed by atoms with Crippen LogP contribution in [0, 0.1) is 11.8 Å². The average Bonchev–Trinajstić information content (AvgIpc) is 3.69. The fourth-order valence-electron chi connectivity index (χ4n) is 8.45. The van der Waals surface area contributed by atoms with Crippen LogP contribution in [0.5, 0.6) is 0 Å². The molecule has 13 nitrogen and oxygen atoms in total. The number of nitrogens with zero attached hydrogens (tertiary/aromatic N) is 2. The molecule has 57 heavy (non-hydrogen) atoms. The van der Waals surface area contributed by atoms with Gasteiger partial charge in [0.15, 0.2) is 33.3 Å². The Morgan fingerprint density at radius 3 is 1.11 bits per heavy atom. The summed E-state index contributed by atoms with van der Waals surface area (Å²) in [6.45, 7) is 39.4. The summed E-state index contributed by atoms with van der Waals surface area (Å²) < 4.78 is 44.9. The van der Waals surface area contributed by atoms with E-state index in [1.165, 1.54) is 22.0 Å². The van der Waals surface area contributed by atoms with Crippen molar-refractivity contribution in [3.63, 3.8) is 0 Å². The molecule has 326 valence electrons. The normalized spacial score (nSPS) is 24.9. The molecule has 4 rings (SSSR count). The number of carbonyl (C=O) groups excluding carboxylic acids is 4. The number of fused-ring (bicyclic) bond motifs is 5.